The van der Waals surface area contributed by atoms with E-state index in [-0.39, 0.29) is 5.91 Å². The minimum Gasteiger partial charge on any atom is -0.326 e. The van der Waals surface area contributed by atoms with Gasteiger partial charge in [-0.3, -0.25) is 4.79 Å². The molecular weight excluding hydrogens is 325 g/mol. The monoisotopic (exact) mass is 339 g/mol. The topological polar surface area (TPSA) is 29.1 Å². The van der Waals surface area contributed by atoms with Crippen molar-refractivity contribution in [2.45, 2.75) is 18.2 Å². The average molecular weight is 340 g/mol. The van der Waals surface area contributed by atoms with E-state index in [1.54, 1.807) is 17.8 Å². The zero-order valence-corrected chi connectivity index (χ0v) is 13.9. The Hall–Kier alpha value is -1.16. The summed E-state index contributed by atoms with van der Waals surface area (Å²) >= 11 is 13.5. The van der Waals surface area contributed by atoms with Gasteiger partial charge in [-0.1, -0.05) is 29.3 Å². The number of amides is 1. The maximum absolute atomic E-state index is 11.9. The van der Waals surface area contributed by atoms with Crippen molar-refractivity contribution in [3.05, 3.63) is 58.1 Å². The molecule has 0 unspecified atom stereocenters. The lowest BCUT2D eigenvalue weighted by atomic mass is 10.2. The minimum absolute atomic E-state index is 0.0172. The molecule has 2 nitrogen and oxygen atoms in total. The lowest BCUT2D eigenvalue weighted by Crippen LogP contribution is -2.12. The SMILES string of the molecule is Cc1ccc(NC(=O)CCSc2ccc(Cl)cc2)cc1Cl. The molecule has 21 heavy (non-hydrogen) atoms. The predicted molar refractivity (Wildman–Crippen MR) is 91.6 cm³/mol. The maximum atomic E-state index is 11.9. The van der Waals surface area contributed by atoms with Gasteiger partial charge in [-0.25, -0.2) is 0 Å². The van der Waals surface area contributed by atoms with Crippen molar-refractivity contribution in [1.82, 2.24) is 0 Å². The molecule has 0 spiro atoms. The molecule has 0 atom stereocenters. The zero-order chi connectivity index (χ0) is 15.2. The van der Waals surface area contributed by atoms with Crippen molar-refractivity contribution < 1.29 is 4.79 Å². The Morgan fingerprint density at radius 2 is 1.86 bits per heavy atom. The van der Waals surface area contributed by atoms with Crippen LogP contribution in [0, 0.1) is 6.92 Å². The molecular formula is C16H15Cl2NOS. The summed E-state index contributed by atoms with van der Waals surface area (Å²) < 4.78 is 0. The number of carbonyl (C=O) groups excluding carboxylic acids is 1. The third-order valence-electron chi connectivity index (χ3n) is 2.87. The first kappa shape index (κ1) is 16.2. The number of carbonyl (C=O) groups is 1. The Morgan fingerprint density at radius 1 is 1.14 bits per heavy atom. The van der Waals surface area contributed by atoms with Crippen LogP contribution in [0.2, 0.25) is 10.0 Å². The summed E-state index contributed by atoms with van der Waals surface area (Å²) in [5.41, 5.74) is 1.72. The molecule has 0 aromatic heterocycles. The summed E-state index contributed by atoms with van der Waals surface area (Å²) in [6.07, 6.45) is 0.443. The number of aryl methyl sites for hydroxylation is 1. The molecule has 2 rings (SSSR count). The van der Waals surface area contributed by atoms with Gasteiger partial charge < -0.3 is 5.32 Å². The Morgan fingerprint density at radius 3 is 2.52 bits per heavy atom. The van der Waals surface area contributed by atoms with E-state index in [0.717, 1.165) is 16.1 Å². The van der Waals surface area contributed by atoms with Crippen LogP contribution < -0.4 is 5.32 Å². The molecule has 1 amide bonds. The lowest BCUT2D eigenvalue weighted by molar-refractivity contribution is -0.115. The van der Waals surface area contributed by atoms with Crippen LogP contribution in [0.25, 0.3) is 0 Å². The van der Waals surface area contributed by atoms with Gasteiger partial charge in [0.15, 0.2) is 0 Å². The smallest absolute Gasteiger partial charge is 0.225 e. The van der Waals surface area contributed by atoms with Crippen molar-refractivity contribution in [3.63, 3.8) is 0 Å². The molecule has 0 aliphatic carbocycles. The summed E-state index contributed by atoms with van der Waals surface area (Å²) in [4.78, 5) is 13.0. The molecule has 0 aliphatic rings. The van der Waals surface area contributed by atoms with Crippen LogP contribution in [0.1, 0.15) is 12.0 Å². The van der Waals surface area contributed by atoms with Crippen molar-refractivity contribution in [2.24, 2.45) is 0 Å². The summed E-state index contributed by atoms with van der Waals surface area (Å²) in [6.45, 7) is 1.93. The second-order valence-corrected chi connectivity index (χ2v) is 6.58. The standard InChI is InChI=1S/C16H15Cl2NOS/c1-11-2-5-13(10-15(11)18)19-16(20)8-9-21-14-6-3-12(17)4-7-14/h2-7,10H,8-9H2,1H3,(H,19,20). The van der Waals surface area contributed by atoms with Crippen molar-refractivity contribution in [1.29, 1.82) is 0 Å². The van der Waals surface area contributed by atoms with Crippen LogP contribution in [0.3, 0.4) is 0 Å². The molecule has 0 aliphatic heterocycles. The molecule has 0 bridgehead atoms. The fourth-order valence-corrected chi connectivity index (χ4v) is 2.84. The van der Waals surface area contributed by atoms with Crippen molar-refractivity contribution >= 4 is 46.6 Å². The molecule has 2 aromatic rings. The molecule has 0 saturated heterocycles. The molecule has 0 radical (unpaired) electrons. The highest BCUT2D eigenvalue weighted by Crippen LogP contribution is 2.22. The fourth-order valence-electron chi connectivity index (χ4n) is 1.69. The van der Waals surface area contributed by atoms with Gasteiger partial charge in [-0.15, -0.1) is 11.8 Å². The third kappa shape index (κ3) is 5.27. The largest absolute Gasteiger partial charge is 0.326 e. The fraction of sp³-hybridized carbons (Fsp3) is 0.188. The maximum Gasteiger partial charge on any atom is 0.225 e. The first-order valence-corrected chi connectivity index (χ1v) is 8.23. The van der Waals surface area contributed by atoms with Crippen LogP contribution in [0.5, 0.6) is 0 Å². The number of nitrogens with one attached hydrogen (secondary N) is 1. The van der Waals surface area contributed by atoms with Crippen LogP contribution in [0.4, 0.5) is 5.69 Å². The number of anilines is 1. The van der Waals surface area contributed by atoms with Gasteiger partial charge in [0.2, 0.25) is 5.91 Å². The van der Waals surface area contributed by atoms with Gasteiger partial charge in [-0.05, 0) is 48.9 Å². The zero-order valence-electron chi connectivity index (χ0n) is 11.5. The first-order chi connectivity index (χ1) is 10.0. The molecule has 0 heterocycles. The van der Waals surface area contributed by atoms with Crippen LogP contribution in [-0.4, -0.2) is 11.7 Å². The van der Waals surface area contributed by atoms with Gasteiger partial charge in [0.05, 0.1) is 0 Å². The van der Waals surface area contributed by atoms with Crippen LogP contribution in [0.15, 0.2) is 47.4 Å². The summed E-state index contributed by atoms with van der Waals surface area (Å²) in [5, 5.41) is 4.22. The summed E-state index contributed by atoms with van der Waals surface area (Å²) in [5.74, 6) is 0.698. The van der Waals surface area contributed by atoms with E-state index < -0.39 is 0 Å². The quantitative estimate of drug-likeness (QED) is 0.736. The minimum atomic E-state index is -0.0172. The van der Waals surface area contributed by atoms with Crippen molar-refractivity contribution in [3.8, 4) is 0 Å². The van der Waals surface area contributed by atoms with E-state index in [1.165, 1.54) is 0 Å². The van der Waals surface area contributed by atoms with Gasteiger partial charge in [0.25, 0.3) is 0 Å². The Bertz CT molecular complexity index is 629. The van der Waals surface area contributed by atoms with Crippen LogP contribution >= 0.6 is 35.0 Å². The molecule has 0 saturated carbocycles. The second kappa shape index (κ2) is 7.74. The van der Waals surface area contributed by atoms with E-state index in [9.17, 15) is 4.79 Å². The summed E-state index contributed by atoms with van der Waals surface area (Å²) in [6, 6.07) is 13.1. The van der Waals surface area contributed by atoms with E-state index in [0.29, 0.717) is 22.2 Å². The van der Waals surface area contributed by atoms with Crippen LogP contribution in [-0.2, 0) is 4.79 Å². The highest BCUT2D eigenvalue weighted by molar-refractivity contribution is 7.99. The van der Waals surface area contributed by atoms with Gasteiger partial charge in [0.1, 0.15) is 0 Å². The number of hydrogen-bond donors (Lipinski definition) is 1. The Balaban J connectivity index is 1.79. The third-order valence-corrected chi connectivity index (χ3v) is 4.54. The molecule has 2 aromatic carbocycles. The van der Waals surface area contributed by atoms with Gasteiger partial charge in [-0.2, -0.15) is 0 Å². The predicted octanol–water partition coefficient (Wildman–Crippen LogP) is 5.42. The highest BCUT2D eigenvalue weighted by Gasteiger charge is 2.04. The molecule has 0 fully saturated rings. The number of hydrogen-bond acceptors (Lipinski definition) is 2. The average Bonchev–Trinajstić information content (AvgIpc) is 2.45. The van der Waals surface area contributed by atoms with Crippen molar-refractivity contribution in [2.75, 3.05) is 11.1 Å². The normalized spacial score (nSPS) is 10.4. The van der Waals surface area contributed by atoms with E-state index >= 15 is 0 Å². The van der Waals surface area contributed by atoms with E-state index in [4.69, 9.17) is 23.2 Å². The van der Waals surface area contributed by atoms with Gasteiger partial charge >= 0.3 is 0 Å². The number of halogens is 2. The molecule has 5 heteroatoms. The van der Waals surface area contributed by atoms with E-state index in [1.807, 2.05) is 43.3 Å². The Labute approximate surface area is 138 Å². The number of thioether (sulfide) groups is 1. The van der Waals surface area contributed by atoms with Gasteiger partial charge in [0, 0.05) is 32.8 Å². The number of benzene rings is 2. The lowest BCUT2D eigenvalue weighted by Gasteiger charge is -2.07. The Kier molecular flexibility index (Phi) is 5.97. The molecule has 1 N–H and O–H groups in total. The molecule has 110 valence electrons. The number of rotatable bonds is 5. The highest BCUT2D eigenvalue weighted by atomic mass is 35.5. The van der Waals surface area contributed by atoms with E-state index in [2.05, 4.69) is 5.32 Å². The second-order valence-electron chi connectivity index (χ2n) is 4.56. The summed E-state index contributed by atoms with van der Waals surface area (Å²) in [7, 11) is 0. The first-order valence-electron chi connectivity index (χ1n) is 6.49.